The Morgan fingerprint density at radius 3 is 2.06 bits per heavy atom. The molecule has 0 N–H and O–H groups in total. The molecule has 1 aliphatic carbocycles. The molecule has 1 heteroatoms. The number of nitrogens with zero attached hydrogens (tertiary/aromatic N) is 1. The van der Waals surface area contributed by atoms with Gasteiger partial charge < -0.3 is 0 Å². The average molecular weight is 231 g/mol. The van der Waals surface area contributed by atoms with Crippen molar-refractivity contribution in [3.63, 3.8) is 0 Å². The summed E-state index contributed by atoms with van der Waals surface area (Å²) < 4.78 is 0. The van der Waals surface area contributed by atoms with Crippen molar-refractivity contribution >= 4 is 0 Å². The second kappa shape index (κ2) is 4.81. The van der Waals surface area contributed by atoms with Crippen LogP contribution in [0.3, 0.4) is 0 Å². The predicted molar refractivity (Wildman–Crippen MR) is 74.2 cm³/mol. The quantitative estimate of drug-likeness (QED) is 0.744. The normalized spacial score (nSPS) is 29.6. The standard InChI is InChI=1S/C16H25N/c1-13-5-7-15(8-6-13)16(17(3)4)11-9-14(2)10-12-16/h5-8,14H,9-12H2,1-4H3. The Morgan fingerprint density at radius 2 is 1.59 bits per heavy atom. The summed E-state index contributed by atoms with van der Waals surface area (Å²) in [5.41, 5.74) is 3.13. The van der Waals surface area contributed by atoms with Crippen molar-refractivity contribution < 1.29 is 0 Å². The fourth-order valence-electron chi connectivity index (χ4n) is 3.10. The van der Waals surface area contributed by atoms with Crippen LogP contribution in [0.15, 0.2) is 24.3 Å². The van der Waals surface area contributed by atoms with E-state index < -0.39 is 0 Å². The first-order chi connectivity index (χ1) is 8.04. The van der Waals surface area contributed by atoms with Gasteiger partial charge in [-0.05, 0) is 58.2 Å². The molecule has 0 unspecified atom stereocenters. The van der Waals surface area contributed by atoms with Crippen molar-refractivity contribution in [3.8, 4) is 0 Å². The minimum Gasteiger partial charge on any atom is -0.300 e. The summed E-state index contributed by atoms with van der Waals surface area (Å²) in [7, 11) is 4.46. The molecule has 0 saturated heterocycles. The van der Waals surface area contributed by atoms with Crippen LogP contribution in [0.4, 0.5) is 0 Å². The van der Waals surface area contributed by atoms with Crippen LogP contribution in [0.25, 0.3) is 0 Å². The monoisotopic (exact) mass is 231 g/mol. The van der Waals surface area contributed by atoms with Crippen LogP contribution in [-0.4, -0.2) is 19.0 Å². The number of hydrogen-bond acceptors (Lipinski definition) is 1. The van der Waals surface area contributed by atoms with E-state index in [1.54, 1.807) is 0 Å². The largest absolute Gasteiger partial charge is 0.300 e. The molecule has 0 bridgehead atoms. The summed E-state index contributed by atoms with van der Waals surface area (Å²) in [4.78, 5) is 2.43. The van der Waals surface area contributed by atoms with Gasteiger partial charge in [0, 0.05) is 5.54 Å². The van der Waals surface area contributed by atoms with Gasteiger partial charge in [0.15, 0.2) is 0 Å². The molecule has 0 aromatic heterocycles. The van der Waals surface area contributed by atoms with Crippen LogP contribution in [-0.2, 0) is 5.54 Å². The Balaban J connectivity index is 2.31. The SMILES string of the molecule is Cc1ccc(C2(N(C)C)CCC(C)CC2)cc1. The van der Waals surface area contributed by atoms with Gasteiger partial charge in [0.1, 0.15) is 0 Å². The minimum absolute atomic E-state index is 0.278. The summed E-state index contributed by atoms with van der Waals surface area (Å²) in [6.45, 7) is 4.55. The molecule has 17 heavy (non-hydrogen) atoms. The lowest BCUT2D eigenvalue weighted by atomic mass is 9.72. The van der Waals surface area contributed by atoms with Crippen molar-refractivity contribution in [2.24, 2.45) is 5.92 Å². The van der Waals surface area contributed by atoms with Crippen molar-refractivity contribution in [3.05, 3.63) is 35.4 Å². The summed E-state index contributed by atoms with van der Waals surface area (Å²) in [6.07, 6.45) is 5.30. The molecule has 1 aromatic rings. The van der Waals surface area contributed by atoms with Gasteiger partial charge in [-0.1, -0.05) is 36.8 Å². The zero-order chi connectivity index (χ0) is 12.5. The molecule has 0 spiro atoms. The molecule has 2 rings (SSSR count). The predicted octanol–water partition coefficient (Wildman–Crippen LogP) is 3.96. The fraction of sp³-hybridized carbons (Fsp3) is 0.625. The lowest BCUT2D eigenvalue weighted by Crippen LogP contribution is -2.44. The van der Waals surface area contributed by atoms with Gasteiger partial charge in [0.25, 0.3) is 0 Å². The first kappa shape index (κ1) is 12.6. The molecule has 1 nitrogen and oxygen atoms in total. The third kappa shape index (κ3) is 2.40. The lowest BCUT2D eigenvalue weighted by Gasteiger charge is -2.45. The zero-order valence-corrected chi connectivity index (χ0v) is 11.7. The third-order valence-corrected chi connectivity index (χ3v) is 4.55. The second-order valence-electron chi connectivity index (χ2n) is 5.97. The van der Waals surface area contributed by atoms with E-state index in [1.165, 1.54) is 36.8 Å². The van der Waals surface area contributed by atoms with Crippen LogP contribution in [0.5, 0.6) is 0 Å². The minimum atomic E-state index is 0.278. The molecule has 1 fully saturated rings. The van der Waals surface area contributed by atoms with Gasteiger partial charge in [-0.25, -0.2) is 0 Å². The summed E-state index contributed by atoms with van der Waals surface area (Å²) in [5.74, 6) is 0.897. The van der Waals surface area contributed by atoms with Gasteiger partial charge >= 0.3 is 0 Å². The first-order valence-electron chi connectivity index (χ1n) is 6.79. The molecule has 0 heterocycles. The van der Waals surface area contributed by atoms with Crippen molar-refractivity contribution in [1.29, 1.82) is 0 Å². The maximum Gasteiger partial charge on any atom is 0.0455 e. The average Bonchev–Trinajstić information content (AvgIpc) is 2.31. The summed E-state index contributed by atoms with van der Waals surface area (Å²) in [6, 6.07) is 9.15. The van der Waals surface area contributed by atoms with Gasteiger partial charge in [-0.2, -0.15) is 0 Å². The van der Waals surface area contributed by atoms with E-state index in [1.807, 2.05) is 0 Å². The smallest absolute Gasteiger partial charge is 0.0455 e. The number of benzene rings is 1. The Bertz CT molecular complexity index is 356. The molecular weight excluding hydrogens is 206 g/mol. The Kier molecular flexibility index (Phi) is 3.58. The number of aryl methyl sites for hydroxylation is 1. The highest BCUT2D eigenvalue weighted by Crippen LogP contribution is 2.42. The molecule has 1 saturated carbocycles. The van der Waals surface area contributed by atoms with Gasteiger partial charge in [0.2, 0.25) is 0 Å². The summed E-state index contributed by atoms with van der Waals surface area (Å²) in [5, 5.41) is 0. The van der Waals surface area contributed by atoms with E-state index in [4.69, 9.17) is 0 Å². The molecule has 0 radical (unpaired) electrons. The highest BCUT2D eigenvalue weighted by atomic mass is 15.1. The maximum absolute atomic E-state index is 2.43. The topological polar surface area (TPSA) is 3.24 Å². The molecule has 0 amide bonds. The van der Waals surface area contributed by atoms with Crippen LogP contribution in [0, 0.1) is 12.8 Å². The van der Waals surface area contributed by atoms with Crippen molar-refractivity contribution in [1.82, 2.24) is 4.90 Å². The molecule has 0 atom stereocenters. The van der Waals surface area contributed by atoms with Gasteiger partial charge in [-0.15, -0.1) is 0 Å². The summed E-state index contributed by atoms with van der Waals surface area (Å²) >= 11 is 0. The van der Waals surface area contributed by atoms with Gasteiger partial charge in [0.05, 0.1) is 0 Å². The maximum atomic E-state index is 2.43. The zero-order valence-electron chi connectivity index (χ0n) is 11.7. The van der Waals surface area contributed by atoms with E-state index in [0.717, 1.165) is 5.92 Å². The highest BCUT2D eigenvalue weighted by Gasteiger charge is 2.37. The van der Waals surface area contributed by atoms with Gasteiger partial charge in [-0.3, -0.25) is 4.90 Å². The Morgan fingerprint density at radius 1 is 1.06 bits per heavy atom. The van der Waals surface area contributed by atoms with Crippen LogP contribution < -0.4 is 0 Å². The van der Waals surface area contributed by atoms with Crippen LogP contribution >= 0.6 is 0 Å². The van der Waals surface area contributed by atoms with Crippen LogP contribution in [0.1, 0.15) is 43.7 Å². The fourth-order valence-corrected chi connectivity index (χ4v) is 3.10. The lowest BCUT2D eigenvalue weighted by molar-refractivity contribution is 0.0810. The molecule has 1 aromatic carbocycles. The van der Waals surface area contributed by atoms with Crippen molar-refractivity contribution in [2.45, 2.75) is 45.1 Å². The Hall–Kier alpha value is -0.820. The van der Waals surface area contributed by atoms with Crippen LogP contribution in [0.2, 0.25) is 0 Å². The molecule has 0 aliphatic heterocycles. The van der Waals surface area contributed by atoms with E-state index in [2.05, 4.69) is 57.1 Å². The van der Waals surface area contributed by atoms with E-state index in [-0.39, 0.29) is 5.54 Å². The number of hydrogen-bond donors (Lipinski definition) is 0. The van der Waals surface area contributed by atoms with Crippen molar-refractivity contribution in [2.75, 3.05) is 14.1 Å². The van der Waals surface area contributed by atoms with E-state index in [0.29, 0.717) is 0 Å². The second-order valence-corrected chi connectivity index (χ2v) is 5.97. The third-order valence-electron chi connectivity index (χ3n) is 4.55. The number of rotatable bonds is 2. The van der Waals surface area contributed by atoms with E-state index in [9.17, 15) is 0 Å². The Labute approximate surface area is 106 Å². The molecular formula is C16H25N. The first-order valence-corrected chi connectivity index (χ1v) is 6.79. The highest BCUT2D eigenvalue weighted by molar-refractivity contribution is 5.28. The molecule has 94 valence electrons. The molecule has 1 aliphatic rings. The van der Waals surface area contributed by atoms with E-state index >= 15 is 0 Å².